The van der Waals surface area contributed by atoms with Gasteiger partial charge in [-0.1, -0.05) is 12.1 Å². The zero-order chi connectivity index (χ0) is 25.4. The van der Waals surface area contributed by atoms with E-state index < -0.39 is 5.92 Å². The molecular weight excluding hydrogens is 462 g/mol. The fourth-order valence-electron chi connectivity index (χ4n) is 5.63. The SMILES string of the molecule is Cn1nc(C2CCC(=O)NC2=O)c2cccc(OC3CCN(C(=O)C4CCN(C(=N)N)CC4)CC3)c21. The number of fused-ring (bicyclic) bond motifs is 1. The summed E-state index contributed by atoms with van der Waals surface area (Å²) in [7, 11) is 1.84. The summed E-state index contributed by atoms with van der Waals surface area (Å²) in [5, 5.41) is 15.5. The van der Waals surface area contributed by atoms with Crippen LogP contribution in [0.25, 0.3) is 10.9 Å². The van der Waals surface area contributed by atoms with Gasteiger partial charge in [-0.3, -0.25) is 29.8 Å². The van der Waals surface area contributed by atoms with Gasteiger partial charge in [0.05, 0.1) is 11.6 Å². The third-order valence-corrected chi connectivity index (χ3v) is 7.66. The van der Waals surface area contributed by atoms with Crippen LogP contribution in [0.2, 0.25) is 0 Å². The van der Waals surface area contributed by atoms with Gasteiger partial charge in [-0.2, -0.15) is 5.10 Å². The number of carbonyl (C=O) groups excluding carboxylic acids is 3. The van der Waals surface area contributed by atoms with Gasteiger partial charge in [-0.25, -0.2) is 0 Å². The minimum Gasteiger partial charge on any atom is -0.488 e. The second-order valence-corrected chi connectivity index (χ2v) is 9.95. The minimum atomic E-state index is -0.460. The van der Waals surface area contributed by atoms with E-state index in [0.717, 1.165) is 36.6 Å². The zero-order valence-corrected chi connectivity index (χ0v) is 20.5. The molecule has 4 N–H and O–H groups in total. The van der Waals surface area contributed by atoms with Crippen LogP contribution in [-0.4, -0.2) is 75.5 Å². The number of piperidine rings is 3. The number of nitrogens with two attached hydrogens (primary N) is 1. The van der Waals surface area contributed by atoms with Crippen LogP contribution in [0.15, 0.2) is 18.2 Å². The highest BCUT2D eigenvalue weighted by Crippen LogP contribution is 2.35. The number of para-hydroxylation sites is 1. The molecule has 0 spiro atoms. The van der Waals surface area contributed by atoms with Crippen molar-refractivity contribution in [2.75, 3.05) is 26.2 Å². The predicted octanol–water partition coefficient (Wildman–Crippen LogP) is 1.07. The molecule has 1 unspecified atom stereocenters. The summed E-state index contributed by atoms with van der Waals surface area (Å²) in [6.45, 7) is 2.61. The molecule has 11 nitrogen and oxygen atoms in total. The van der Waals surface area contributed by atoms with Crippen LogP contribution >= 0.6 is 0 Å². The summed E-state index contributed by atoms with van der Waals surface area (Å²) in [5.74, 6) is -0.0353. The molecule has 0 bridgehead atoms. The van der Waals surface area contributed by atoms with E-state index in [1.807, 2.05) is 35.0 Å². The molecule has 0 saturated carbocycles. The fourth-order valence-corrected chi connectivity index (χ4v) is 5.63. The van der Waals surface area contributed by atoms with Crippen LogP contribution < -0.4 is 15.8 Å². The Hall–Kier alpha value is -3.63. The Balaban J connectivity index is 1.23. The van der Waals surface area contributed by atoms with Gasteiger partial charge in [0, 0.05) is 63.8 Å². The lowest BCUT2D eigenvalue weighted by Gasteiger charge is -2.37. The van der Waals surface area contributed by atoms with Crippen molar-refractivity contribution >= 4 is 34.6 Å². The number of hydrogen-bond donors (Lipinski definition) is 3. The van der Waals surface area contributed by atoms with Gasteiger partial charge in [0.15, 0.2) is 5.96 Å². The van der Waals surface area contributed by atoms with Gasteiger partial charge in [0.2, 0.25) is 17.7 Å². The van der Waals surface area contributed by atoms with Gasteiger partial charge in [-0.15, -0.1) is 0 Å². The number of ether oxygens (including phenoxy) is 1. The normalized spacial score (nSPS) is 22.1. The molecule has 1 aromatic carbocycles. The third kappa shape index (κ3) is 4.61. The van der Waals surface area contributed by atoms with Gasteiger partial charge in [0.1, 0.15) is 17.4 Å². The van der Waals surface area contributed by atoms with E-state index in [-0.39, 0.29) is 35.7 Å². The summed E-state index contributed by atoms with van der Waals surface area (Å²) in [5.41, 5.74) is 7.06. The Morgan fingerprint density at radius 1 is 1.08 bits per heavy atom. The lowest BCUT2D eigenvalue weighted by atomic mass is 9.93. The molecule has 1 aromatic heterocycles. The van der Waals surface area contributed by atoms with E-state index in [4.69, 9.17) is 15.9 Å². The first-order valence-corrected chi connectivity index (χ1v) is 12.7. The van der Waals surface area contributed by atoms with E-state index >= 15 is 0 Å². The smallest absolute Gasteiger partial charge is 0.235 e. The molecule has 3 amide bonds. The second-order valence-electron chi connectivity index (χ2n) is 9.95. The number of nitrogens with zero attached hydrogens (tertiary/aromatic N) is 4. The van der Waals surface area contributed by atoms with Crippen molar-refractivity contribution < 1.29 is 19.1 Å². The number of likely N-dealkylation sites (tertiary alicyclic amines) is 2. The first-order chi connectivity index (χ1) is 17.3. The lowest BCUT2D eigenvalue weighted by molar-refractivity contribution is -0.138. The quantitative estimate of drug-likeness (QED) is 0.327. The number of nitrogens with one attached hydrogen (secondary N) is 2. The zero-order valence-electron chi connectivity index (χ0n) is 20.5. The van der Waals surface area contributed by atoms with E-state index in [0.29, 0.717) is 50.5 Å². The number of carbonyl (C=O) groups is 3. The Morgan fingerprint density at radius 3 is 2.44 bits per heavy atom. The Bertz CT molecular complexity index is 1190. The second kappa shape index (κ2) is 9.79. The molecule has 4 heterocycles. The van der Waals surface area contributed by atoms with Crippen molar-refractivity contribution in [2.24, 2.45) is 18.7 Å². The highest BCUT2D eigenvalue weighted by molar-refractivity contribution is 6.03. The number of benzene rings is 1. The number of amides is 3. The van der Waals surface area contributed by atoms with Crippen molar-refractivity contribution in [3.05, 3.63) is 23.9 Å². The molecule has 3 fully saturated rings. The number of hydrogen-bond acceptors (Lipinski definition) is 6. The molecule has 3 aliphatic heterocycles. The number of rotatable bonds is 4. The van der Waals surface area contributed by atoms with Crippen LogP contribution in [0.4, 0.5) is 0 Å². The van der Waals surface area contributed by atoms with Gasteiger partial charge < -0.3 is 20.3 Å². The largest absolute Gasteiger partial charge is 0.488 e. The lowest BCUT2D eigenvalue weighted by Crippen LogP contribution is -2.48. The molecule has 192 valence electrons. The Labute approximate surface area is 209 Å². The summed E-state index contributed by atoms with van der Waals surface area (Å²) in [6.07, 6.45) is 3.67. The van der Waals surface area contributed by atoms with E-state index in [1.165, 1.54) is 0 Å². The number of guanidine groups is 1. The summed E-state index contributed by atoms with van der Waals surface area (Å²) < 4.78 is 8.16. The molecule has 3 saturated heterocycles. The fraction of sp³-hybridized carbons (Fsp3) is 0.560. The van der Waals surface area contributed by atoms with E-state index in [9.17, 15) is 14.4 Å². The maximum Gasteiger partial charge on any atom is 0.235 e. The number of aromatic nitrogens is 2. The summed E-state index contributed by atoms with van der Waals surface area (Å²) in [4.78, 5) is 40.8. The van der Waals surface area contributed by atoms with E-state index in [1.54, 1.807) is 4.68 Å². The minimum absolute atomic E-state index is 0.00744. The molecular formula is C25H33N7O4. The standard InChI is InChI=1S/C25H33N7O4/c1-30-22-17(21(29-30)18-5-6-20(33)28-23(18)34)3-2-4-19(22)36-16-9-13-31(14-10-16)24(35)15-7-11-32(12-8-15)25(26)27/h2-4,15-16,18H,5-14H2,1H3,(H3,26,27)(H,28,33,34). The molecule has 1 atom stereocenters. The average molecular weight is 496 g/mol. The van der Waals surface area contributed by atoms with E-state index in [2.05, 4.69) is 10.4 Å². The average Bonchev–Trinajstić information content (AvgIpc) is 3.21. The predicted molar refractivity (Wildman–Crippen MR) is 132 cm³/mol. The first-order valence-electron chi connectivity index (χ1n) is 12.7. The van der Waals surface area contributed by atoms with Crippen molar-refractivity contribution in [1.82, 2.24) is 24.9 Å². The van der Waals surface area contributed by atoms with Gasteiger partial charge in [0.25, 0.3) is 0 Å². The van der Waals surface area contributed by atoms with Crippen LogP contribution in [0, 0.1) is 11.3 Å². The molecule has 0 aliphatic carbocycles. The maximum atomic E-state index is 13.0. The molecule has 36 heavy (non-hydrogen) atoms. The molecule has 5 rings (SSSR count). The summed E-state index contributed by atoms with van der Waals surface area (Å²) >= 11 is 0. The summed E-state index contributed by atoms with van der Waals surface area (Å²) in [6, 6.07) is 5.76. The van der Waals surface area contributed by atoms with Crippen LogP contribution in [0.3, 0.4) is 0 Å². The van der Waals surface area contributed by atoms with Crippen LogP contribution in [0.1, 0.15) is 50.1 Å². The molecule has 3 aliphatic rings. The third-order valence-electron chi connectivity index (χ3n) is 7.66. The first kappa shape index (κ1) is 24.1. The van der Waals surface area contributed by atoms with Crippen molar-refractivity contribution in [1.29, 1.82) is 5.41 Å². The van der Waals surface area contributed by atoms with Crippen molar-refractivity contribution in [3.8, 4) is 5.75 Å². The molecule has 0 radical (unpaired) electrons. The monoisotopic (exact) mass is 495 g/mol. The van der Waals surface area contributed by atoms with Crippen molar-refractivity contribution in [2.45, 2.75) is 50.5 Å². The van der Waals surface area contributed by atoms with Crippen LogP contribution in [-0.2, 0) is 21.4 Å². The number of imide groups is 1. The Kier molecular flexibility index (Phi) is 6.55. The highest BCUT2D eigenvalue weighted by atomic mass is 16.5. The molecule has 11 heteroatoms. The Morgan fingerprint density at radius 2 is 1.78 bits per heavy atom. The maximum absolute atomic E-state index is 13.0. The molecule has 2 aromatic rings. The van der Waals surface area contributed by atoms with Crippen LogP contribution in [0.5, 0.6) is 5.75 Å². The topological polar surface area (TPSA) is 147 Å². The number of aryl methyl sites for hydroxylation is 1. The highest BCUT2D eigenvalue weighted by Gasteiger charge is 2.34. The van der Waals surface area contributed by atoms with Gasteiger partial charge >= 0.3 is 0 Å². The van der Waals surface area contributed by atoms with Gasteiger partial charge in [-0.05, 0) is 25.3 Å². The van der Waals surface area contributed by atoms with Crippen molar-refractivity contribution in [3.63, 3.8) is 0 Å².